The summed E-state index contributed by atoms with van der Waals surface area (Å²) in [6, 6.07) is 0. The lowest BCUT2D eigenvalue weighted by Gasteiger charge is -2.34. The van der Waals surface area contributed by atoms with E-state index in [0.29, 0.717) is 18.8 Å². The Kier molecular flexibility index (Phi) is 3.12. The van der Waals surface area contributed by atoms with Gasteiger partial charge in [0.2, 0.25) is 0 Å². The van der Waals surface area contributed by atoms with Crippen LogP contribution in [0.15, 0.2) is 0 Å². The zero-order valence-corrected chi connectivity index (χ0v) is 8.84. The molecule has 0 bridgehead atoms. The van der Waals surface area contributed by atoms with Gasteiger partial charge in [-0.05, 0) is 31.6 Å². The molecule has 1 saturated carbocycles. The van der Waals surface area contributed by atoms with Gasteiger partial charge in [0.25, 0.3) is 0 Å². The molecule has 13 heavy (non-hydrogen) atoms. The van der Waals surface area contributed by atoms with Crippen molar-refractivity contribution in [3.05, 3.63) is 0 Å². The fourth-order valence-corrected chi connectivity index (χ4v) is 2.02. The number of hydrogen-bond acceptors (Lipinski definition) is 2. The molecule has 0 aliphatic heterocycles. The van der Waals surface area contributed by atoms with Crippen LogP contribution >= 0.6 is 0 Å². The van der Waals surface area contributed by atoms with E-state index in [0.717, 1.165) is 12.8 Å². The Morgan fingerprint density at radius 1 is 1.38 bits per heavy atom. The van der Waals surface area contributed by atoms with Gasteiger partial charge in [-0.1, -0.05) is 20.8 Å². The van der Waals surface area contributed by atoms with Crippen molar-refractivity contribution < 1.29 is 9.90 Å². The van der Waals surface area contributed by atoms with Crippen LogP contribution in [0.3, 0.4) is 0 Å². The Morgan fingerprint density at radius 2 is 1.85 bits per heavy atom. The molecule has 0 aromatic rings. The lowest BCUT2D eigenvalue weighted by Crippen LogP contribution is -2.44. The molecule has 76 valence electrons. The predicted molar refractivity (Wildman–Crippen MR) is 52.4 cm³/mol. The van der Waals surface area contributed by atoms with Gasteiger partial charge in [-0.15, -0.1) is 0 Å². The maximum atomic E-state index is 11.7. The van der Waals surface area contributed by atoms with Gasteiger partial charge in [0.1, 0.15) is 5.60 Å². The van der Waals surface area contributed by atoms with Gasteiger partial charge in [-0.3, -0.25) is 4.79 Å². The summed E-state index contributed by atoms with van der Waals surface area (Å²) in [7, 11) is 0. The topological polar surface area (TPSA) is 37.3 Å². The third-order valence-corrected chi connectivity index (χ3v) is 3.08. The van der Waals surface area contributed by atoms with E-state index in [9.17, 15) is 9.90 Å². The minimum Gasteiger partial charge on any atom is -0.382 e. The monoisotopic (exact) mass is 184 g/mol. The minimum absolute atomic E-state index is 0.0272. The lowest BCUT2D eigenvalue weighted by molar-refractivity contribution is -0.144. The summed E-state index contributed by atoms with van der Waals surface area (Å²) in [6.07, 6.45) is 3.28. The number of aliphatic hydroxyl groups is 1. The van der Waals surface area contributed by atoms with Gasteiger partial charge in [0, 0.05) is 5.92 Å². The first-order chi connectivity index (χ1) is 5.96. The third-order valence-electron chi connectivity index (χ3n) is 3.08. The predicted octanol–water partition coefficient (Wildman–Crippen LogP) is 2.15. The largest absolute Gasteiger partial charge is 0.382 e. The number of hydrogen-bond donors (Lipinski definition) is 1. The first-order valence-corrected chi connectivity index (χ1v) is 5.22. The highest BCUT2D eigenvalue weighted by atomic mass is 16.3. The van der Waals surface area contributed by atoms with Crippen LogP contribution in [0.4, 0.5) is 0 Å². The van der Waals surface area contributed by atoms with Gasteiger partial charge in [0.15, 0.2) is 5.78 Å². The van der Waals surface area contributed by atoms with Crippen molar-refractivity contribution in [3.63, 3.8) is 0 Å². The average Bonchev–Trinajstić information content (AvgIpc) is 2.09. The molecule has 1 aliphatic rings. The number of ketones is 1. The molecule has 1 aliphatic carbocycles. The van der Waals surface area contributed by atoms with Crippen LogP contribution in [0.1, 0.15) is 46.5 Å². The van der Waals surface area contributed by atoms with Crippen molar-refractivity contribution in [2.75, 3.05) is 0 Å². The zero-order chi connectivity index (χ0) is 10.1. The summed E-state index contributed by atoms with van der Waals surface area (Å²) in [6.45, 7) is 5.90. The zero-order valence-electron chi connectivity index (χ0n) is 8.84. The standard InChI is InChI=1S/C11H20O2/c1-8(2)10(12)11(13)6-4-9(3)5-7-11/h8-9,13H,4-7H2,1-3H3. The van der Waals surface area contributed by atoms with E-state index < -0.39 is 5.60 Å². The molecule has 0 unspecified atom stereocenters. The fourth-order valence-electron chi connectivity index (χ4n) is 2.02. The maximum Gasteiger partial charge on any atom is 0.166 e. The van der Waals surface area contributed by atoms with E-state index in [4.69, 9.17) is 0 Å². The fraction of sp³-hybridized carbons (Fsp3) is 0.909. The maximum absolute atomic E-state index is 11.7. The van der Waals surface area contributed by atoms with Crippen molar-refractivity contribution in [3.8, 4) is 0 Å². The van der Waals surface area contributed by atoms with Gasteiger partial charge in [0.05, 0.1) is 0 Å². The lowest BCUT2D eigenvalue weighted by atomic mass is 9.75. The Morgan fingerprint density at radius 3 is 2.23 bits per heavy atom. The molecule has 0 heterocycles. The highest BCUT2D eigenvalue weighted by Crippen LogP contribution is 2.33. The van der Waals surface area contributed by atoms with Crippen molar-refractivity contribution in [1.82, 2.24) is 0 Å². The van der Waals surface area contributed by atoms with Crippen LogP contribution in [-0.4, -0.2) is 16.5 Å². The molecular weight excluding hydrogens is 164 g/mol. The number of carbonyl (C=O) groups excluding carboxylic acids is 1. The van der Waals surface area contributed by atoms with Crippen molar-refractivity contribution >= 4 is 5.78 Å². The quantitative estimate of drug-likeness (QED) is 0.714. The first kappa shape index (κ1) is 10.7. The summed E-state index contributed by atoms with van der Waals surface area (Å²) in [5.74, 6) is 0.651. The summed E-state index contributed by atoms with van der Waals surface area (Å²) in [4.78, 5) is 11.7. The smallest absolute Gasteiger partial charge is 0.166 e. The highest BCUT2D eigenvalue weighted by molar-refractivity contribution is 5.88. The molecule has 0 atom stereocenters. The molecule has 0 spiro atoms. The molecule has 0 saturated heterocycles. The number of Topliss-reactive ketones (excluding diaryl/α,β-unsaturated/α-hetero) is 1. The van der Waals surface area contributed by atoms with E-state index in [1.165, 1.54) is 0 Å². The molecule has 0 amide bonds. The molecule has 2 nitrogen and oxygen atoms in total. The van der Waals surface area contributed by atoms with E-state index in [-0.39, 0.29) is 11.7 Å². The van der Waals surface area contributed by atoms with E-state index in [2.05, 4.69) is 6.92 Å². The Labute approximate surface area is 80.3 Å². The molecule has 1 N–H and O–H groups in total. The summed E-state index contributed by atoms with van der Waals surface area (Å²) < 4.78 is 0. The molecule has 1 rings (SSSR count). The second kappa shape index (κ2) is 3.79. The Bertz CT molecular complexity index is 188. The SMILES string of the molecule is CC1CCC(O)(C(=O)C(C)C)CC1. The van der Waals surface area contributed by atoms with Crippen LogP contribution in [0, 0.1) is 11.8 Å². The molecule has 0 radical (unpaired) electrons. The highest BCUT2D eigenvalue weighted by Gasteiger charge is 2.39. The van der Waals surface area contributed by atoms with Gasteiger partial charge < -0.3 is 5.11 Å². The van der Waals surface area contributed by atoms with Crippen LogP contribution in [0.5, 0.6) is 0 Å². The molecule has 1 fully saturated rings. The van der Waals surface area contributed by atoms with Crippen molar-refractivity contribution in [2.45, 2.75) is 52.1 Å². The normalized spacial score (nSPS) is 35.0. The summed E-state index contributed by atoms with van der Waals surface area (Å²) >= 11 is 0. The van der Waals surface area contributed by atoms with Gasteiger partial charge in [-0.2, -0.15) is 0 Å². The first-order valence-electron chi connectivity index (χ1n) is 5.22. The van der Waals surface area contributed by atoms with Crippen LogP contribution < -0.4 is 0 Å². The third kappa shape index (κ3) is 2.31. The molecule has 0 aromatic heterocycles. The second-order valence-corrected chi connectivity index (χ2v) is 4.73. The molecular formula is C11H20O2. The second-order valence-electron chi connectivity index (χ2n) is 4.73. The van der Waals surface area contributed by atoms with E-state index in [1.54, 1.807) is 0 Å². The Balaban J connectivity index is 2.61. The van der Waals surface area contributed by atoms with Crippen LogP contribution in [0.2, 0.25) is 0 Å². The van der Waals surface area contributed by atoms with Gasteiger partial charge >= 0.3 is 0 Å². The molecule has 0 aromatic carbocycles. The van der Waals surface area contributed by atoms with E-state index >= 15 is 0 Å². The molecule has 2 heteroatoms. The number of rotatable bonds is 2. The Hall–Kier alpha value is -0.370. The van der Waals surface area contributed by atoms with Crippen LogP contribution in [0.25, 0.3) is 0 Å². The average molecular weight is 184 g/mol. The van der Waals surface area contributed by atoms with Crippen molar-refractivity contribution in [1.29, 1.82) is 0 Å². The van der Waals surface area contributed by atoms with Crippen LogP contribution in [-0.2, 0) is 4.79 Å². The van der Waals surface area contributed by atoms with Gasteiger partial charge in [-0.25, -0.2) is 0 Å². The summed E-state index contributed by atoms with van der Waals surface area (Å²) in [5.41, 5.74) is -0.999. The van der Waals surface area contributed by atoms with Crippen molar-refractivity contribution in [2.24, 2.45) is 11.8 Å². The summed E-state index contributed by atoms with van der Waals surface area (Å²) in [5, 5.41) is 10.1. The number of carbonyl (C=O) groups is 1. The van der Waals surface area contributed by atoms with E-state index in [1.807, 2.05) is 13.8 Å². The minimum atomic E-state index is -0.999.